The van der Waals surface area contributed by atoms with Crippen LogP contribution in [0.1, 0.15) is 19.4 Å². The van der Waals surface area contributed by atoms with Gasteiger partial charge in [0.25, 0.3) is 0 Å². The molecule has 1 N–H and O–H groups in total. The summed E-state index contributed by atoms with van der Waals surface area (Å²) in [6.45, 7) is 3.89. The molecule has 0 saturated carbocycles. The van der Waals surface area contributed by atoms with Crippen molar-refractivity contribution in [3.8, 4) is 0 Å². The van der Waals surface area contributed by atoms with Crippen LogP contribution in [0.4, 0.5) is 0 Å². The zero-order chi connectivity index (χ0) is 12.7. The molecule has 96 valence electrons. The van der Waals surface area contributed by atoms with Gasteiger partial charge >= 0.3 is 5.97 Å². The van der Waals surface area contributed by atoms with E-state index in [2.05, 4.69) is 0 Å². The number of hydrogen-bond acceptors (Lipinski definition) is 4. The first-order valence-corrected chi connectivity index (χ1v) is 5.63. The van der Waals surface area contributed by atoms with Gasteiger partial charge in [-0.2, -0.15) is 0 Å². The van der Waals surface area contributed by atoms with Crippen molar-refractivity contribution >= 4 is 0 Å². The lowest BCUT2D eigenvalue weighted by Crippen LogP contribution is -2.42. The first-order chi connectivity index (χ1) is 8.06. The standard InChI is InChI=1S/C13H20O4/c1-11(2)17-13(14,10-15-3)16-9-12-7-5-4-6-8-12/h4-8,11,14H,9-10H2,1-3H3. The molecule has 0 saturated heterocycles. The zero-order valence-corrected chi connectivity index (χ0v) is 10.6. The second kappa shape index (κ2) is 6.71. The van der Waals surface area contributed by atoms with Gasteiger partial charge in [0, 0.05) is 7.11 Å². The molecule has 0 aliphatic carbocycles. The number of aliphatic hydroxyl groups is 1. The Morgan fingerprint density at radius 3 is 2.41 bits per heavy atom. The molecule has 0 fully saturated rings. The molecule has 4 nitrogen and oxygen atoms in total. The van der Waals surface area contributed by atoms with Gasteiger partial charge in [-0.15, -0.1) is 0 Å². The van der Waals surface area contributed by atoms with Crippen LogP contribution >= 0.6 is 0 Å². The third kappa shape index (κ3) is 5.28. The Morgan fingerprint density at radius 1 is 1.24 bits per heavy atom. The molecule has 0 amide bonds. The fraction of sp³-hybridized carbons (Fsp3) is 0.538. The Kier molecular flexibility index (Phi) is 5.58. The second-order valence-corrected chi connectivity index (χ2v) is 4.09. The van der Waals surface area contributed by atoms with Crippen molar-refractivity contribution in [2.24, 2.45) is 0 Å². The predicted molar refractivity (Wildman–Crippen MR) is 64.3 cm³/mol. The van der Waals surface area contributed by atoms with Crippen LogP contribution in [0.2, 0.25) is 0 Å². The molecule has 4 heteroatoms. The van der Waals surface area contributed by atoms with Crippen LogP contribution < -0.4 is 0 Å². The number of hydrogen-bond donors (Lipinski definition) is 1. The lowest BCUT2D eigenvalue weighted by atomic mass is 10.2. The molecule has 1 atom stereocenters. The minimum absolute atomic E-state index is 0.0297. The Morgan fingerprint density at radius 2 is 1.88 bits per heavy atom. The van der Waals surface area contributed by atoms with Crippen molar-refractivity contribution in [3.05, 3.63) is 35.9 Å². The molecule has 0 aromatic heterocycles. The fourth-order valence-corrected chi connectivity index (χ4v) is 1.43. The maximum atomic E-state index is 10.1. The van der Waals surface area contributed by atoms with Gasteiger partial charge < -0.3 is 19.3 Å². The van der Waals surface area contributed by atoms with E-state index in [9.17, 15) is 5.11 Å². The molecular formula is C13H20O4. The van der Waals surface area contributed by atoms with Crippen LogP contribution in [0, 0.1) is 0 Å². The van der Waals surface area contributed by atoms with E-state index < -0.39 is 5.97 Å². The van der Waals surface area contributed by atoms with Crippen LogP contribution in [0.15, 0.2) is 30.3 Å². The van der Waals surface area contributed by atoms with Crippen LogP contribution in [0.3, 0.4) is 0 Å². The van der Waals surface area contributed by atoms with Crippen molar-refractivity contribution < 1.29 is 19.3 Å². The maximum absolute atomic E-state index is 10.1. The molecule has 0 aliphatic heterocycles. The molecule has 0 spiro atoms. The topological polar surface area (TPSA) is 47.9 Å². The first kappa shape index (κ1) is 14.1. The van der Waals surface area contributed by atoms with Crippen molar-refractivity contribution in [1.82, 2.24) is 0 Å². The predicted octanol–water partition coefficient (Wildman–Crippen LogP) is 1.92. The van der Waals surface area contributed by atoms with E-state index in [-0.39, 0.29) is 19.3 Å². The van der Waals surface area contributed by atoms with Gasteiger partial charge in [0.1, 0.15) is 6.61 Å². The highest BCUT2D eigenvalue weighted by molar-refractivity contribution is 5.13. The summed E-state index contributed by atoms with van der Waals surface area (Å²) in [5, 5.41) is 10.1. The Balaban J connectivity index is 2.55. The van der Waals surface area contributed by atoms with Gasteiger partial charge in [0.2, 0.25) is 0 Å². The van der Waals surface area contributed by atoms with Crippen molar-refractivity contribution in [2.45, 2.75) is 32.5 Å². The van der Waals surface area contributed by atoms with Gasteiger partial charge in [-0.05, 0) is 19.4 Å². The van der Waals surface area contributed by atoms with E-state index in [0.717, 1.165) is 5.56 Å². The minimum Gasteiger partial charge on any atom is -0.376 e. The van der Waals surface area contributed by atoms with Crippen molar-refractivity contribution in [1.29, 1.82) is 0 Å². The molecule has 1 rings (SSSR count). The SMILES string of the molecule is COCC(O)(OCc1ccccc1)OC(C)C. The lowest BCUT2D eigenvalue weighted by Gasteiger charge is -2.29. The molecular weight excluding hydrogens is 220 g/mol. The smallest absolute Gasteiger partial charge is 0.305 e. The van der Waals surface area contributed by atoms with E-state index in [4.69, 9.17) is 14.2 Å². The zero-order valence-electron chi connectivity index (χ0n) is 10.6. The highest BCUT2D eigenvalue weighted by atomic mass is 16.8. The average Bonchev–Trinajstić information content (AvgIpc) is 2.27. The Bertz CT molecular complexity index is 312. The highest BCUT2D eigenvalue weighted by Gasteiger charge is 2.30. The number of ether oxygens (including phenoxy) is 3. The van der Waals surface area contributed by atoms with E-state index in [1.54, 1.807) is 0 Å². The van der Waals surface area contributed by atoms with E-state index in [1.807, 2.05) is 44.2 Å². The lowest BCUT2D eigenvalue weighted by molar-refractivity contribution is -0.388. The summed E-state index contributed by atoms with van der Waals surface area (Å²) in [7, 11) is 1.49. The molecule has 1 unspecified atom stereocenters. The highest BCUT2D eigenvalue weighted by Crippen LogP contribution is 2.15. The van der Waals surface area contributed by atoms with Crippen LogP contribution in [-0.2, 0) is 20.8 Å². The molecule has 17 heavy (non-hydrogen) atoms. The van der Waals surface area contributed by atoms with Gasteiger partial charge in [-0.25, -0.2) is 0 Å². The summed E-state index contributed by atoms with van der Waals surface area (Å²) >= 11 is 0. The van der Waals surface area contributed by atoms with Gasteiger partial charge in [0.15, 0.2) is 0 Å². The minimum atomic E-state index is -1.70. The largest absolute Gasteiger partial charge is 0.376 e. The molecule has 0 radical (unpaired) electrons. The molecule has 0 heterocycles. The summed E-state index contributed by atoms with van der Waals surface area (Å²) in [4.78, 5) is 0. The van der Waals surface area contributed by atoms with Crippen molar-refractivity contribution in [2.75, 3.05) is 13.7 Å². The number of methoxy groups -OCH3 is 1. The van der Waals surface area contributed by atoms with E-state index in [0.29, 0.717) is 0 Å². The summed E-state index contributed by atoms with van der Waals surface area (Å²) in [5.41, 5.74) is 0.967. The monoisotopic (exact) mass is 240 g/mol. The van der Waals surface area contributed by atoms with Gasteiger partial charge in [0.05, 0.1) is 12.7 Å². The van der Waals surface area contributed by atoms with Crippen molar-refractivity contribution in [3.63, 3.8) is 0 Å². The van der Waals surface area contributed by atoms with Gasteiger partial charge in [-0.3, -0.25) is 0 Å². The molecule has 1 aromatic carbocycles. The Labute approximate surface area is 102 Å². The quantitative estimate of drug-likeness (QED) is 0.740. The van der Waals surface area contributed by atoms with Gasteiger partial charge in [-0.1, -0.05) is 30.3 Å². The number of rotatable bonds is 7. The fourth-order valence-electron chi connectivity index (χ4n) is 1.43. The maximum Gasteiger partial charge on any atom is 0.305 e. The Hall–Kier alpha value is -0.940. The third-order valence-corrected chi connectivity index (χ3v) is 2.05. The van der Waals surface area contributed by atoms with Crippen LogP contribution in [-0.4, -0.2) is 30.9 Å². The first-order valence-electron chi connectivity index (χ1n) is 5.63. The normalized spacial score (nSPS) is 14.9. The summed E-state index contributed by atoms with van der Waals surface area (Å²) < 4.78 is 15.6. The van der Waals surface area contributed by atoms with E-state index >= 15 is 0 Å². The molecule has 0 aliphatic rings. The van der Waals surface area contributed by atoms with Crippen LogP contribution in [0.5, 0.6) is 0 Å². The summed E-state index contributed by atoms with van der Waals surface area (Å²) in [6.07, 6.45) is -0.147. The molecule has 0 bridgehead atoms. The number of benzene rings is 1. The second-order valence-electron chi connectivity index (χ2n) is 4.09. The van der Waals surface area contributed by atoms with Crippen LogP contribution in [0.25, 0.3) is 0 Å². The van der Waals surface area contributed by atoms with E-state index in [1.165, 1.54) is 7.11 Å². The molecule has 1 aromatic rings. The average molecular weight is 240 g/mol. The summed E-state index contributed by atoms with van der Waals surface area (Å²) in [5.74, 6) is -1.70. The third-order valence-electron chi connectivity index (χ3n) is 2.05. The summed E-state index contributed by atoms with van der Waals surface area (Å²) in [6, 6.07) is 9.59.